The molecule has 0 spiro atoms. The fraction of sp³-hybridized carbons (Fsp3) is 0.133. The number of sulfonamides is 1. The van der Waals surface area contributed by atoms with Crippen LogP contribution in [-0.2, 0) is 17.1 Å². The summed E-state index contributed by atoms with van der Waals surface area (Å²) < 4.78 is 44.2. The van der Waals surface area contributed by atoms with Gasteiger partial charge in [0.25, 0.3) is 10.0 Å². The van der Waals surface area contributed by atoms with Crippen molar-refractivity contribution in [1.29, 1.82) is 0 Å². The van der Waals surface area contributed by atoms with Crippen LogP contribution >= 0.6 is 11.3 Å². The predicted molar refractivity (Wildman–Crippen MR) is 84.7 cm³/mol. The Morgan fingerprint density at radius 2 is 1.82 bits per heavy atom. The third-order valence-corrected chi connectivity index (χ3v) is 5.78. The molecule has 0 aliphatic rings. The molecule has 2 aromatic carbocycles. The second kappa shape index (κ2) is 5.33. The molecule has 0 saturated carbocycles. The second-order valence-corrected chi connectivity index (χ2v) is 7.55. The quantitative estimate of drug-likeness (QED) is 0.722. The summed E-state index contributed by atoms with van der Waals surface area (Å²) in [5, 5.41) is 0. The molecule has 0 fully saturated rings. The maximum atomic E-state index is 13.3. The van der Waals surface area contributed by atoms with Gasteiger partial charge in [-0.05, 0) is 37.3 Å². The lowest BCUT2D eigenvalue weighted by Gasteiger charge is -1.99. The Morgan fingerprint density at radius 1 is 1.14 bits per heavy atom. The number of hydrogen-bond donors (Lipinski definition) is 0. The average molecular weight is 336 g/mol. The maximum absolute atomic E-state index is 13.3. The van der Waals surface area contributed by atoms with Gasteiger partial charge in [0.05, 0.1) is 15.1 Å². The van der Waals surface area contributed by atoms with Gasteiger partial charge in [-0.25, -0.2) is 4.39 Å². The van der Waals surface area contributed by atoms with Crippen molar-refractivity contribution in [3.63, 3.8) is 0 Å². The number of thiazole rings is 1. The van der Waals surface area contributed by atoms with Gasteiger partial charge in [0.15, 0.2) is 0 Å². The van der Waals surface area contributed by atoms with Gasteiger partial charge in [-0.2, -0.15) is 8.42 Å². The Labute approximate surface area is 131 Å². The third kappa shape index (κ3) is 2.69. The highest BCUT2D eigenvalue weighted by Crippen LogP contribution is 2.19. The Morgan fingerprint density at radius 3 is 2.50 bits per heavy atom. The molecule has 1 aromatic heterocycles. The van der Waals surface area contributed by atoms with Gasteiger partial charge < -0.3 is 4.57 Å². The van der Waals surface area contributed by atoms with Crippen LogP contribution in [0.25, 0.3) is 10.2 Å². The smallest absolute Gasteiger partial charge is 0.285 e. The monoisotopic (exact) mass is 336 g/mol. The fourth-order valence-electron chi connectivity index (χ4n) is 2.06. The molecule has 0 unspecified atom stereocenters. The first-order valence-electron chi connectivity index (χ1n) is 6.49. The van der Waals surface area contributed by atoms with Crippen LogP contribution in [0.5, 0.6) is 0 Å². The summed E-state index contributed by atoms with van der Waals surface area (Å²) in [7, 11) is -2.08. The number of aryl methyl sites for hydroxylation is 2. The van der Waals surface area contributed by atoms with Crippen molar-refractivity contribution in [2.45, 2.75) is 11.8 Å². The Bertz CT molecular complexity index is 1020. The van der Waals surface area contributed by atoms with E-state index in [1.54, 1.807) is 29.8 Å². The molecule has 0 atom stereocenters. The van der Waals surface area contributed by atoms with E-state index in [0.29, 0.717) is 9.50 Å². The van der Waals surface area contributed by atoms with E-state index in [1.807, 2.05) is 6.92 Å². The summed E-state index contributed by atoms with van der Waals surface area (Å²) in [6.45, 7) is 1.88. The molecule has 7 heteroatoms. The van der Waals surface area contributed by atoms with E-state index in [0.717, 1.165) is 22.4 Å². The normalized spacial score (nSPS) is 13.0. The number of benzene rings is 2. The Kier molecular flexibility index (Phi) is 3.62. The molecule has 0 aliphatic carbocycles. The molecule has 0 aliphatic heterocycles. The van der Waals surface area contributed by atoms with E-state index in [-0.39, 0.29) is 10.7 Å². The van der Waals surface area contributed by atoms with E-state index < -0.39 is 10.0 Å². The Hall–Kier alpha value is -1.99. The number of fused-ring (bicyclic) bond motifs is 1. The van der Waals surface area contributed by atoms with Crippen molar-refractivity contribution in [3.05, 3.63) is 58.6 Å². The van der Waals surface area contributed by atoms with E-state index in [4.69, 9.17) is 0 Å². The van der Waals surface area contributed by atoms with Crippen molar-refractivity contribution >= 4 is 31.6 Å². The van der Waals surface area contributed by atoms with Crippen LogP contribution in [0.3, 0.4) is 0 Å². The van der Waals surface area contributed by atoms with Gasteiger partial charge >= 0.3 is 0 Å². The molecule has 22 heavy (non-hydrogen) atoms. The van der Waals surface area contributed by atoms with Gasteiger partial charge in [-0.15, -0.1) is 4.40 Å². The molecule has 0 bridgehead atoms. The van der Waals surface area contributed by atoms with Crippen LogP contribution in [0.15, 0.2) is 51.8 Å². The van der Waals surface area contributed by atoms with Crippen LogP contribution < -0.4 is 4.80 Å². The van der Waals surface area contributed by atoms with Crippen molar-refractivity contribution in [3.8, 4) is 0 Å². The SMILES string of the molecule is Cc1ccc(S(=O)(=O)/N=c2\sc3cc(F)ccc3n2C)cc1. The minimum absolute atomic E-state index is 0.140. The molecule has 3 aromatic rings. The van der Waals surface area contributed by atoms with Gasteiger partial charge in [-0.1, -0.05) is 29.0 Å². The maximum Gasteiger partial charge on any atom is 0.285 e. The molecular weight excluding hydrogens is 323 g/mol. The first-order valence-corrected chi connectivity index (χ1v) is 8.75. The first-order chi connectivity index (χ1) is 10.4. The largest absolute Gasteiger partial charge is 0.319 e. The number of halogens is 1. The minimum Gasteiger partial charge on any atom is -0.319 e. The minimum atomic E-state index is -3.79. The topological polar surface area (TPSA) is 51.4 Å². The zero-order valence-electron chi connectivity index (χ0n) is 11.9. The summed E-state index contributed by atoms with van der Waals surface area (Å²) in [5.41, 5.74) is 1.71. The Balaban J connectivity index is 2.19. The molecule has 0 N–H and O–H groups in total. The number of rotatable bonds is 2. The van der Waals surface area contributed by atoms with E-state index >= 15 is 0 Å². The van der Waals surface area contributed by atoms with Crippen LogP contribution in [-0.4, -0.2) is 13.0 Å². The van der Waals surface area contributed by atoms with E-state index in [1.165, 1.54) is 24.3 Å². The highest BCUT2D eigenvalue weighted by molar-refractivity contribution is 7.90. The van der Waals surface area contributed by atoms with Crippen molar-refractivity contribution in [2.24, 2.45) is 11.4 Å². The number of nitrogens with zero attached hydrogens (tertiary/aromatic N) is 2. The lowest BCUT2D eigenvalue weighted by Crippen LogP contribution is -2.13. The summed E-state index contributed by atoms with van der Waals surface area (Å²) in [5.74, 6) is -0.359. The fourth-order valence-corrected chi connectivity index (χ4v) is 4.33. The van der Waals surface area contributed by atoms with Crippen LogP contribution in [0.1, 0.15) is 5.56 Å². The van der Waals surface area contributed by atoms with Gasteiger partial charge in [0.2, 0.25) is 4.80 Å². The van der Waals surface area contributed by atoms with Crippen LogP contribution in [0.2, 0.25) is 0 Å². The van der Waals surface area contributed by atoms with Crippen LogP contribution in [0.4, 0.5) is 4.39 Å². The zero-order valence-corrected chi connectivity index (χ0v) is 13.6. The standard InChI is InChI=1S/C15H13FN2O2S2/c1-10-3-6-12(7-4-10)22(19,20)17-15-18(2)13-8-5-11(16)9-14(13)21-15/h3-9H,1-2H3/b17-15-. The summed E-state index contributed by atoms with van der Waals surface area (Å²) in [6.07, 6.45) is 0. The summed E-state index contributed by atoms with van der Waals surface area (Å²) in [4.78, 5) is 0.447. The molecule has 0 saturated heterocycles. The third-order valence-electron chi connectivity index (χ3n) is 3.29. The molecule has 4 nitrogen and oxygen atoms in total. The van der Waals surface area contributed by atoms with E-state index in [2.05, 4.69) is 4.40 Å². The summed E-state index contributed by atoms with van der Waals surface area (Å²) in [6, 6.07) is 10.8. The predicted octanol–water partition coefficient (Wildman–Crippen LogP) is 2.98. The van der Waals surface area contributed by atoms with Gasteiger partial charge in [0.1, 0.15) is 5.82 Å². The number of aromatic nitrogens is 1. The highest BCUT2D eigenvalue weighted by Gasteiger charge is 2.13. The molecule has 0 radical (unpaired) electrons. The lowest BCUT2D eigenvalue weighted by atomic mass is 10.2. The van der Waals surface area contributed by atoms with Crippen molar-refractivity contribution in [1.82, 2.24) is 4.57 Å². The zero-order chi connectivity index (χ0) is 15.9. The van der Waals surface area contributed by atoms with Gasteiger partial charge in [0, 0.05) is 7.05 Å². The van der Waals surface area contributed by atoms with Crippen molar-refractivity contribution < 1.29 is 12.8 Å². The summed E-state index contributed by atoms with van der Waals surface area (Å²) >= 11 is 1.14. The van der Waals surface area contributed by atoms with E-state index in [9.17, 15) is 12.8 Å². The van der Waals surface area contributed by atoms with Crippen LogP contribution in [0, 0.1) is 12.7 Å². The number of hydrogen-bond acceptors (Lipinski definition) is 3. The molecule has 1 heterocycles. The average Bonchev–Trinajstić information content (AvgIpc) is 2.74. The van der Waals surface area contributed by atoms with Crippen molar-refractivity contribution in [2.75, 3.05) is 0 Å². The molecule has 3 rings (SSSR count). The molecular formula is C15H13FN2O2S2. The molecule has 114 valence electrons. The molecule has 0 amide bonds. The van der Waals surface area contributed by atoms with Gasteiger partial charge in [-0.3, -0.25) is 0 Å². The first kappa shape index (κ1) is 14.9. The highest BCUT2D eigenvalue weighted by atomic mass is 32.2. The second-order valence-electron chi connectivity index (χ2n) is 4.94. The lowest BCUT2D eigenvalue weighted by molar-refractivity contribution is 0.596.